The summed E-state index contributed by atoms with van der Waals surface area (Å²) in [4.78, 5) is 35.3. The molecule has 0 fully saturated rings. The predicted octanol–water partition coefficient (Wildman–Crippen LogP) is 20.8. The summed E-state index contributed by atoms with van der Waals surface area (Å²) in [5, 5.41) is 0. The standard InChI is InChI=1S/C71H116NO8P/c1-3-5-7-9-11-13-15-17-19-21-23-25-27-29-31-32-33-34-35-36-38-40-42-44-46-48-50-52-54-56-58-60-62-64-71(74)80-69(68-79-81(75,76)78-66-65-72)67-77-70(73)63-61-59-57-55-53-51-49-47-45-43-41-39-37-30-28-26-24-22-20-18-16-14-12-10-8-6-4-2/h5-8,11-14,17-20,23-26,29-31,33-34,36-38,41,43,69H,3-4,9-10,15-16,21-22,27-28,32,35,39-40,42,44-68,72H2,1-2H3,(H,75,76)/b7-5-,8-6-,13-11-,14-12-,19-17-,20-18-,25-23-,26-24-,31-29-,34-33-,37-30-,38-36-,43-41-. The summed E-state index contributed by atoms with van der Waals surface area (Å²) in [6.45, 7) is 3.49. The summed E-state index contributed by atoms with van der Waals surface area (Å²) in [5.74, 6) is -0.849. The van der Waals surface area contributed by atoms with Gasteiger partial charge in [0.1, 0.15) is 6.61 Å². The third-order valence-electron chi connectivity index (χ3n) is 12.9. The zero-order chi connectivity index (χ0) is 58.7. The number of hydrogen-bond donors (Lipinski definition) is 2. The molecule has 458 valence electrons. The fourth-order valence-electron chi connectivity index (χ4n) is 8.27. The second-order valence-corrected chi connectivity index (χ2v) is 22.0. The van der Waals surface area contributed by atoms with E-state index in [0.29, 0.717) is 12.8 Å². The van der Waals surface area contributed by atoms with Crippen molar-refractivity contribution in [1.82, 2.24) is 0 Å². The van der Waals surface area contributed by atoms with Gasteiger partial charge in [0, 0.05) is 19.4 Å². The number of unbranched alkanes of at least 4 members (excludes halogenated alkanes) is 19. The Morgan fingerprint density at radius 3 is 0.951 bits per heavy atom. The van der Waals surface area contributed by atoms with E-state index in [4.69, 9.17) is 24.3 Å². The first-order valence-electron chi connectivity index (χ1n) is 32.0. The van der Waals surface area contributed by atoms with Gasteiger partial charge in [-0.15, -0.1) is 0 Å². The average molecular weight is 1140 g/mol. The summed E-state index contributed by atoms with van der Waals surface area (Å²) in [6, 6.07) is 0. The van der Waals surface area contributed by atoms with Crippen LogP contribution in [0.2, 0.25) is 0 Å². The van der Waals surface area contributed by atoms with E-state index in [9.17, 15) is 19.0 Å². The molecule has 0 amide bonds. The number of hydrogen-bond acceptors (Lipinski definition) is 8. The summed E-state index contributed by atoms with van der Waals surface area (Å²) in [7, 11) is -4.41. The van der Waals surface area contributed by atoms with E-state index in [2.05, 4.69) is 172 Å². The maximum Gasteiger partial charge on any atom is 0.472 e. The molecule has 0 rings (SSSR count). The number of allylic oxidation sites excluding steroid dienone is 26. The van der Waals surface area contributed by atoms with Gasteiger partial charge in [-0.1, -0.05) is 268 Å². The number of carbonyl (C=O) groups excluding carboxylic acids is 2. The van der Waals surface area contributed by atoms with E-state index < -0.39 is 32.5 Å². The van der Waals surface area contributed by atoms with Gasteiger partial charge in [-0.3, -0.25) is 18.6 Å². The minimum Gasteiger partial charge on any atom is -0.462 e. The molecular formula is C71H116NO8P. The fourth-order valence-corrected chi connectivity index (χ4v) is 9.03. The van der Waals surface area contributed by atoms with Crippen molar-refractivity contribution in [3.05, 3.63) is 158 Å². The molecule has 0 aromatic heterocycles. The van der Waals surface area contributed by atoms with Gasteiger partial charge in [0.25, 0.3) is 0 Å². The zero-order valence-corrected chi connectivity index (χ0v) is 52.1. The molecule has 0 aromatic carbocycles. The second kappa shape index (κ2) is 64.8. The third kappa shape index (κ3) is 64.7. The van der Waals surface area contributed by atoms with Crippen molar-refractivity contribution in [2.24, 2.45) is 5.73 Å². The SMILES string of the molecule is CC/C=C\C/C=C\C/C=C\C/C=C\C/C=C\C/C=C\C/C=C\CCCCCCCCCCCCCC(=O)OC(COC(=O)CCCCCCCCCC/C=C\C/C=C\C/C=C\C/C=C\C/C=C\C/C=C\CC)COP(=O)(O)OCCN. The molecule has 3 N–H and O–H groups in total. The lowest BCUT2D eigenvalue weighted by Gasteiger charge is -2.19. The van der Waals surface area contributed by atoms with Gasteiger partial charge in [0.2, 0.25) is 0 Å². The third-order valence-corrected chi connectivity index (χ3v) is 13.9. The van der Waals surface area contributed by atoms with E-state index in [-0.39, 0.29) is 32.6 Å². The highest BCUT2D eigenvalue weighted by molar-refractivity contribution is 7.47. The zero-order valence-electron chi connectivity index (χ0n) is 51.2. The van der Waals surface area contributed by atoms with Crippen molar-refractivity contribution in [3.8, 4) is 0 Å². The van der Waals surface area contributed by atoms with Gasteiger partial charge in [-0.05, 0) is 122 Å². The van der Waals surface area contributed by atoms with E-state index in [1.807, 2.05) is 0 Å². The summed E-state index contributed by atoms with van der Waals surface area (Å²) in [5.41, 5.74) is 5.39. The molecule has 81 heavy (non-hydrogen) atoms. The molecule has 0 aliphatic carbocycles. The molecule has 0 aromatic rings. The molecular weight excluding hydrogens is 1030 g/mol. The Kier molecular flexibility index (Phi) is 61.3. The lowest BCUT2D eigenvalue weighted by Crippen LogP contribution is -2.29. The monoisotopic (exact) mass is 1140 g/mol. The topological polar surface area (TPSA) is 134 Å². The fraction of sp³-hybridized carbons (Fsp3) is 0.606. The number of esters is 2. The van der Waals surface area contributed by atoms with Crippen LogP contribution in [0.25, 0.3) is 0 Å². The quantitative estimate of drug-likeness (QED) is 0.0264. The van der Waals surface area contributed by atoms with Crippen LogP contribution in [0.15, 0.2) is 158 Å². The molecule has 0 heterocycles. The minimum absolute atomic E-state index is 0.0436. The molecule has 2 atom stereocenters. The van der Waals surface area contributed by atoms with Gasteiger partial charge in [0.05, 0.1) is 13.2 Å². The highest BCUT2D eigenvalue weighted by Gasteiger charge is 2.26. The number of rotatable bonds is 58. The van der Waals surface area contributed by atoms with Crippen molar-refractivity contribution in [3.63, 3.8) is 0 Å². The molecule has 0 radical (unpaired) electrons. The normalized spacial score (nSPS) is 14.1. The lowest BCUT2D eigenvalue weighted by atomic mass is 10.0. The summed E-state index contributed by atoms with van der Waals surface area (Å²) in [6.07, 6.45) is 94.4. The van der Waals surface area contributed by atoms with E-state index in [1.54, 1.807) is 0 Å². The van der Waals surface area contributed by atoms with Crippen LogP contribution in [0.4, 0.5) is 0 Å². The highest BCUT2D eigenvalue weighted by Crippen LogP contribution is 2.43. The average Bonchev–Trinajstić information content (AvgIpc) is 3.46. The van der Waals surface area contributed by atoms with Crippen molar-refractivity contribution in [2.45, 2.75) is 251 Å². The van der Waals surface area contributed by atoms with Crippen LogP contribution in [0.3, 0.4) is 0 Å². The predicted molar refractivity (Wildman–Crippen MR) is 348 cm³/mol. The lowest BCUT2D eigenvalue weighted by molar-refractivity contribution is -0.161. The molecule has 9 nitrogen and oxygen atoms in total. The van der Waals surface area contributed by atoms with Crippen molar-refractivity contribution in [2.75, 3.05) is 26.4 Å². The van der Waals surface area contributed by atoms with E-state index >= 15 is 0 Å². The number of nitrogens with two attached hydrogens (primary N) is 1. The molecule has 0 saturated carbocycles. The Bertz CT molecular complexity index is 1880. The van der Waals surface area contributed by atoms with E-state index in [1.165, 1.54) is 70.6 Å². The molecule has 0 bridgehead atoms. The van der Waals surface area contributed by atoms with Crippen LogP contribution < -0.4 is 5.73 Å². The van der Waals surface area contributed by atoms with Crippen LogP contribution in [0, 0.1) is 0 Å². The Balaban J connectivity index is 4.01. The Labute approximate surface area is 496 Å². The summed E-state index contributed by atoms with van der Waals surface area (Å²) >= 11 is 0. The Hall–Kier alpha value is -4.37. The van der Waals surface area contributed by atoms with Crippen LogP contribution in [-0.2, 0) is 32.7 Å². The largest absolute Gasteiger partial charge is 0.472 e. The van der Waals surface area contributed by atoms with Crippen molar-refractivity contribution in [1.29, 1.82) is 0 Å². The molecule has 0 aliphatic rings. The van der Waals surface area contributed by atoms with Crippen LogP contribution in [0.1, 0.15) is 245 Å². The number of ether oxygens (including phenoxy) is 2. The Morgan fingerprint density at radius 2 is 0.642 bits per heavy atom. The van der Waals surface area contributed by atoms with Crippen molar-refractivity contribution < 1.29 is 37.6 Å². The van der Waals surface area contributed by atoms with Gasteiger partial charge < -0.3 is 20.1 Å². The summed E-state index contributed by atoms with van der Waals surface area (Å²) < 4.78 is 33.1. The first-order chi connectivity index (χ1) is 39.8. The van der Waals surface area contributed by atoms with Crippen LogP contribution in [0.5, 0.6) is 0 Å². The second-order valence-electron chi connectivity index (χ2n) is 20.5. The van der Waals surface area contributed by atoms with Crippen LogP contribution in [-0.4, -0.2) is 49.3 Å². The first kappa shape index (κ1) is 76.6. The maximum atomic E-state index is 12.7. The van der Waals surface area contributed by atoms with Crippen LogP contribution >= 0.6 is 7.82 Å². The number of phosphoric acid groups is 1. The molecule has 0 aliphatic heterocycles. The van der Waals surface area contributed by atoms with Gasteiger partial charge in [-0.25, -0.2) is 4.57 Å². The number of phosphoric ester groups is 1. The number of carbonyl (C=O) groups is 2. The van der Waals surface area contributed by atoms with Crippen molar-refractivity contribution >= 4 is 19.8 Å². The first-order valence-corrected chi connectivity index (χ1v) is 33.5. The maximum absolute atomic E-state index is 12.7. The van der Waals surface area contributed by atoms with Gasteiger partial charge in [-0.2, -0.15) is 0 Å². The van der Waals surface area contributed by atoms with Gasteiger partial charge in [0.15, 0.2) is 6.10 Å². The van der Waals surface area contributed by atoms with E-state index in [0.717, 1.165) is 135 Å². The molecule has 0 spiro atoms. The van der Waals surface area contributed by atoms with Gasteiger partial charge >= 0.3 is 19.8 Å². The molecule has 0 saturated heterocycles. The minimum atomic E-state index is -4.41. The molecule has 2 unspecified atom stereocenters. The Morgan fingerprint density at radius 1 is 0.370 bits per heavy atom. The molecule has 10 heteroatoms. The smallest absolute Gasteiger partial charge is 0.462 e. The highest BCUT2D eigenvalue weighted by atomic mass is 31.2.